The zero-order valence-electron chi connectivity index (χ0n) is 17.6. The molecule has 8 nitrogen and oxygen atoms in total. The molecule has 0 unspecified atom stereocenters. The summed E-state index contributed by atoms with van der Waals surface area (Å²) in [6.07, 6.45) is 6.06. The summed E-state index contributed by atoms with van der Waals surface area (Å²) in [6.45, 7) is 4.42. The van der Waals surface area contributed by atoms with E-state index in [1.54, 1.807) is 0 Å². The zero-order valence-corrected chi connectivity index (χ0v) is 17.6. The quantitative estimate of drug-likeness (QED) is 0.636. The molecule has 1 aliphatic heterocycles. The number of fused-ring (bicyclic) bond motifs is 3. The SMILES string of the molecule is Nc1ncnc2c3c(n(-c4ccc(NC(=O)CCCN5CCOCC5)cc4)c12)CCC3. The number of ether oxygens (including phenoxy) is 1. The van der Waals surface area contributed by atoms with Crippen molar-refractivity contribution in [1.29, 1.82) is 0 Å². The highest BCUT2D eigenvalue weighted by Crippen LogP contribution is 2.36. The number of carbonyl (C=O) groups excluding carboxylic acids is 1. The number of hydrogen-bond acceptors (Lipinski definition) is 6. The van der Waals surface area contributed by atoms with Crippen LogP contribution in [0.15, 0.2) is 30.6 Å². The van der Waals surface area contributed by atoms with Gasteiger partial charge in [-0.15, -0.1) is 0 Å². The van der Waals surface area contributed by atoms with Crippen LogP contribution in [0.4, 0.5) is 11.5 Å². The van der Waals surface area contributed by atoms with Crippen LogP contribution in [0.25, 0.3) is 16.7 Å². The van der Waals surface area contributed by atoms with Crippen LogP contribution in [0.1, 0.15) is 30.5 Å². The van der Waals surface area contributed by atoms with E-state index in [0.29, 0.717) is 12.2 Å². The number of nitrogens with two attached hydrogens (primary N) is 1. The van der Waals surface area contributed by atoms with Crippen LogP contribution in [0, 0.1) is 0 Å². The average molecular weight is 421 g/mol. The van der Waals surface area contributed by atoms with Gasteiger partial charge in [-0.3, -0.25) is 9.69 Å². The first-order chi connectivity index (χ1) is 15.2. The number of morpholine rings is 1. The predicted octanol–water partition coefficient (Wildman–Crippen LogP) is 2.54. The molecule has 8 heteroatoms. The number of nitrogens with zero attached hydrogens (tertiary/aromatic N) is 4. The summed E-state index contributed by atoms with van der Waals surface area (Å²) >= 11 is 0. The summed E-state index contributed by atoms with van der Waals surface area (Å²) in [7, 11) is 0. The summed E-state index contributed by atoms with van der Waals surface area (Å²) < 4.78 is 7.54. The molecule has 5 rings (SSSR count). The van der Waals surface area contributed by atoms with E-state index in [1.165, 1.54) is 17.6 Å². The molecule has 3 heterocycles. The van der Waals surface area contributed by atoms with Gasteiger partial charge in [0.15, 0.2) is 5.82 Å². The fourth-order valence-corrected chi connectivity index (χ4v) is 4.69. The van der Waals surface area contributed by atoms with Crippen molar-refractivity contribution >= 4 is 28.4 Å². The average Bonchev–Trinajstić information content (AvgIpc) is 3.37. The fraction of sp³-hybridized carbons (Fsp3) is 0.435. The largest absolute Gasteiger partial charge is 0.382 e. The topological polar surface area (TPSA) is 98.3 Å². The van der Waals surface area contributed by atoms with Crippen LogP contribution in [0.3, 0.4) is 0 Å². The Morgan fingerprint density at radius 3 is 2.74 bits per heavy atom. The van der Waals surface area contributed by atoms with Crippen LogP contribution in [-0.4, -0.2) is 58.2 Å². The number of benzene rings is 1. The second-order valence-electron chi connectivity index (χ2n) is 8.22. The van der Waals surface area contributed by atoms with Crippen LogP contribution in [0.2, 0.25) is 0 Å². The van der Waals surface area contributed by atoms with Gasteiger partial charge >= 0.3 is 0 Å². The van der Waals surface area contributed by atoms with E-state index < -0.39 is 0 Å². The molecule has 0 spiro atoms. The molecule has 162 valence electrons. The third-order valence-corrected chi connectivity index (χ3v) is 6.21. The Balaban J connectivity index is 1.27. The Bertz CT molecular complexity index is 1090. The van der Waals surface area contributed by atoms with E-state index in [2.05, 4.69) is 24.8 Å². The third kappa shape index (κ3) is 4.00. The number of aryl methyl sites for hydroxylation is 1. The molecule has 0 radical (unpaired) electrons. The molecule has 1 saturated heterocycles. The van der Waals surface area contributed by atoms with Gasteiger partial charge in [-0.2, -0.15) is 0 Å². The third-order valence-electron chi connectivity index (χ3n) is 6.21. The van der Waals surface area contributed by atoms with E-state index in [-0.39, 0.29) is 5.91 Å². The first-order valence-corrected chi connectivity index (χ1v) is 11.0. The van der Waals surface area contributed by atoms with Gasteiger partial charge in [0.2, 0.25) is 5.91 Å². The molecule has 3 aromatic rings. The van der Waals surface area contributed by atoms with Crippen molar-refractivity contribution in [1.82, 2.24) is 19.4 Å². The first-order valence-electron chi connectivity index (χ1n) is 11.0. The minimum Gasteiger partial charge on any atom is -0.382 e. The minimum absolute atomic E-state index is 0.0472. The fourth-order valence-electron chi connectivity index (χ4n) is 4.69. The maximum Gasteiger partial charge on any atom is 0.224 e. The van der Waals surface area contributed by atoms with Crippen molar-refractivity contribution < 1.29 is 9.53 Å². The summed E-state index contributed by atoms with van der Waals surface area (Å²) in [4.78, 5) is 23.4. The van der Waals surface area contributed by atoms with Gasteiger partial charge < -0.3 is 20.4 Å². The van der Waals surface area contributed by atoms with Gasteiger partial charge in [-0.05, 0) is 62.1 Å². The first kappa shape index (κ1) is 20.0. The van der Waals surface area contributed by atoms with Gasteiger partial charge in [0.25, 0.3) is 0 Å². The highest BCUT2D eigenvalue weighted by Gasteiger charge is 2.25. The lowest BCUT2D eigenvalue weighted by Gasteiger charge is -2.26. The number of amides is 1. The number of nitrogens with one attached hydrogen (secondary N) is 1. The number of anilines is 2. The lowest BCUT2D eigenvalue weighted by atomic mass is 10.2. The second-order valence-corrected chi connectivity index (χ2v) is 8.22. The highest BCUT2D eigenvalue weighted by atomic mass is 16.5. The van der Waals surface area contributed by atoms with Crippen molar-refractivity contribution in [2.24, 2.45) is 0 Å². The van der Waals surface area contributed by atoms with Crippen LogP contribution in [0.5, 0.6) is 0 Å². The molecule has 1 aliphatic carbocycles. The van der Waals surface area contributed by atoms with Crippen molar-refractivity contribution in [3.8, 4) is 5.69 Å². The number of carbonyl (C=O) groups is 1. The molecular weight excluding hydrogens is 392 g/mol. The van der Waals surface area contributed by atoms with E-state index >= 15 is 0 Å². The van der Waals surface area contributed by atoms with Gasteiger partial charge in [-0.25, -0.2) is 9.97 Å². The Hall–Kier alpha value is -2.97. The van der Waals surface area contributed by atoms with Crippen molar-refractivity contribution in [2.45, 2.75) is 32.1 Å². The Kier molecular flexibility index (Phi) is 5.57. The number of rotatable bonds is 6. The maximum absolute atomic E-state index is 12.3. The summed E-state index contributed by atoms with van der Waals surface area (Å²) in [5.41, 5.74) is 12.4. The van der Waals surface area contributed by atoms with Crippen molar-refractivity contribution in [3.63, 3.8) is 0 Å². The Morgan fingerprint density at radius 1 is 1.13 bits per heavy atom. The highest BCUT2D eigenvalue weighted by molar-refractivity contribution is 5.92. The van der Waals surface area contributed by atoms with E-state index in [9.17, 15) is 4.79 Å². The molecule has 2 aromatic heterocycles. The smallest absolute Gasteiger partial charge is 0.224 e. The van der Waals surface area contributed by atoms with E-state index in [1.807, 2.05) is 24.3 Å². The van der Waals surface area contributed by atoms with E-state index in [4.69, 9.17) is 10.5 Å². The monoisotopic (exact) mass is 420 g/mol. The molecule has 31 heavy (non-hydrogen) atoms. The minimum atomic E-state index is 0.0472. The molecule has 0 bridgehead atoms. The van der Waals surface area contributed by atoms with Gasteiger partial charge in [0, 0.05) is 36.6 Å². The molecule has 1 aromatic carbocycles. The summed E-state index contributed by atoms with van der Waals surface area (Å²) in [5, 5.41) is 3.01. The Morgan fingerprint density at radius 2 is 1.94 bits per heavy atom. The van der Waals surface area contributed by atoms with Crippen LogP contribution in [-0.2, 0) is 22.4 Å². The van der Waals surface area contributed by atoms with Gasteiger partial charge in [-0.1, -0.05) is 0 Å². The predicted molar refractivity (Wildman–Crippen MR) is 120 cm³/mol. The number of hydrogen-bond donors (Lipinski definition) is 2. The normalized spacial score (nSPS) is 16.5. The number of aromatic nitrogens is 3. The maximum atomic E-state index is 12.3. The molecule has 1 fully saturated rings. The lowest BCUT2D eigenvalue weighted by Crippen LogP contribution is -2.37. The van der Waals surface area contributed by atoms with Crippen LogP contribution < -0.4 is 11.1 Å². The molecule has 1 amide bonds. The van der Waals surface area contributed by atoms with Crippen LogP contribution >= 0.6 is 0 Å². The second kappa shape index (κ2) is 8.64. The number of nitrogen functional groups attached to an aromatic ring is 1. The Labute approximate surface area is 181 Å². The summed E-state index contributed by atoms with van der Waals surface area (Å²) in [6, 6.07) is 7.94. The van der Waals surface area contributed by atoms with E-state index in [0.717, 1.165) is 80.9 Å². The molecule has 0 saturated carbocycles. The molecule has 2 aliphatic rings. The van der Waals surface area contributed by atoms with Gasteiger partial charge in [0.05, 0.1) is 18.7 Å². The molecule has 0 atom stereocenters. The summed E-state index contributed by atoms with van der Waals surface area (Å²) in [5.74, 6) is 0.544. The lowest BCUT2D eigenvalue weighted by molar-refractivity contribution is -0.116. The molecular formula is C23H28N6O2. The standard InChI is InChI=1S/C23H28N6O2/c24-23-22-21(25-15-26-23)18-3-1-4-19(18)29(22)17-8-6-16(7-9-17)27-20(30)5-2-10-28-11-13-31-14-12-28/h6-9,15H,1-5,10-14H2,(H,27,30)(H2,24,25,26). The van der Waals surface area contributed by atoms with Crippen molar-refractivity contribution in [3.05, 3.63) is 41.9 Å². The zero-order chi connectivity index (χ0) is 21.2. The van der Waals surface area contributed by atoms with Gasteiger partial charge in [0.1, 0.15) is 11.8 Å². The van der Waals surface area contributed by atoms with Crippen molar-refractivity contribution in [2.75, 3.05) is 43.9 Å². The molecule has 3 N–H and O–H groups in total.